The van der Waals surface area contributed by atoms with Gasteiger partial charge in [-0.15, -0.1) is 0 Å². The summed E-state index contributed by atoms with van der Waals surface area (Å²) < 4.78 is 5.31. The van der Waals surface area contributed by atoms with Crippen molar-refractivity contribution in [1.29, 1.82) is 0 Å². The lowest BCUT2D eigenvalue weighted by molar-refractivity contribution is -0.121. The first-order valence-corrected chi connectivity index (χ1v) is 6.43. The normalized spacial score (nSPS) is 11.8. The molecule has 4 heteroatoms. The van der Waals surface area contributed by atoms with Crippen LogP contribution in [-0.2, 0) is 11.2 Å². The average Bonchev–Trinajstić information content (AvgIpc) is 2.57. The van der Waals surface area contributed by atoms with E-state index >= 15 is 0 Å². The van der Waals surface area contributed by atoms with E-state index in [1.54, 1.807) is 0 Å². The van der Waals surface area contributed by atoms with E-state index in [-0.39, 0.29) is 17.9 Å². The lowest BCUT2D eigenvalue weighted by Gasteiger charge is -2.20. The lowest BCUT2D eigenvalue weighted by atomic mass is 10.0. The molecule has 1 heterocycles. The molecule has 0 bridgehead atoms. The van der Waals surface area contributed by atoms with E-state index in [4.69, 9.17) is 4.52 Å². The topological polar surface area (TPSA) is 55.1 Å². The van der Waals surface area contributed by atoms with Gasteiger partial charge in [-0.25, -0.2) is 0 Å². The molecule has 0 fully saturated rings. The zero-order valence-corrected chi connectivity index (χ0v) is 12.1. The molecule has 0 aliphatic rings. The van der Waals surface area contributed by atoms with E-state index in [9.17, 15) is 4.79 Å². The number of benzene rings is 1. The number of nitrogens with zero attached hydrogens (tertiary/aromatic N) is 1. The Hall–Kier alpha value is -1.84. The molecule has 0 atom stereocenters. The third-order valence-corrected chi connectivity index (χ3v) is 2.83. The number of rotatable bonds is 2. The Kier molecular flexibility index (Phi) is 3.35. The summed E-state index contributed by atoms with van der Waals surface area (Å²) in [6.07, 6.45) is 0.244. The number of nitrogens with one attached hydrogen (secondary N) is 1. The van der Waals surface area contributed by atoms with Gasteiger partial charge in [0.1, 0.15) is 5.69 Å². The highest BCUT2D eigenvalue weighted by molar-refractivity contribution is 5.88. The van der Waals surface area contributed by atoms with Crippen molar-refractivity contribution in [2.24, 2.45) is 0 Å². The quantitative estimate of drug-likeness (QED) is 0.903. The number of aromatic nitrogens is 1. The number of carbonyl (C=O) groups excluding carboxylic acids is 1. The molecule has 19 heavy (non-hydrogen) atoms. The fourth-order valence-electron chi connectivity index (χ4n) is 2.26. The fraction of sp³-hybridized carbons (Fsp3) is 0.467. The van der Waals surface area contributed by atoms with Gasteiger partial charge in [0.15, 0.2) is 5.58 Å². The molecule has 102 valence electrons. The van der Waals surface area contributed by atoms with Crippen molar-refractivity contribution in [2.75, 3.05) is 0 Å². The number of amides is 1. The summed E-state index contributed by atoms with van der Waals surface area (Å²) in [5, 5.41) is 7.92. The van der Waals surface area contributed by atoms with Crippen LogP contribution in [0.4, 0.5) is 0 Å². The number of carbonyl (C=O) groups is 1. The van der Waals surface area contributed by atoms with E-state index in [2.05, 4.69) is 16.5 Å². The molecule has 4 nitrogen and oxygen atoms in total. The zero-order valence-electron chi connectivity index (χ0n) is 12.1. The summed E-state index contributed by atoms with van der Waals surface area (Å²) in [4.78, 5) is 12.0. The van der Waals surface area contributed by atoms with Gasteiger partial charge in [0, 0.05) is 10.9 Å². The molecule has 0 unspecified atom stereocenters. The number of aryl methyl sites for hydroxylation is 2. The van der Waals surface area contributed by atoms with Crippen LogP contribution in [0.2, 0.25) is 0 Å². The summed E-state index contributed by atoms with van der Waals surface area (Å²) in [6, 6.07) is 4.02. The van der Waals surface area contributed by atoms with Crippen LogP contribution >= 0.6 is 0 Å². The van der Waals surface area contributed by atoms with Crippen molar-refractivity contribution in [2.45, 2.75) is 46.6 Å². The molecule has 0 aliphatic heterocycles. The van der Waals surface area contributed by atoms with Crippen LogP contribution in [0.25, 0.3) is 11.0 Å². The summed E-state index contributed by atoms with van der Waals surface area (Å²) >= 11 is 0. The summed E-state index contributed by atoms with van der Waals surface area (Å²) in [5.41, 5.74) is 3.44. The second-order valence-electron chi connectivity index (χ2n) is 6.06. The van der Waals surface area contributed by atoms with Crippen molar-refractivity contribution in [3.05, 3.63) is 29.0 Å². The van der Waals surface area contributed by atoms with Crippen LogP contribution in [-0.4, -0.2) is 16.6 Å². The van der Waals surface area contributed by atoms with Gasteiger partial charge in [0.25, 0.3) is 0 Å². The maximum atomic E-state index is 12.0. The van der Waals surface area contributed by atoms with Gasteiger partial charge in [-0.3, -0.25) is 4.79 Å². The van der Waals surface area contributed by atoms with Crippen molar-refractivity contribution in [3.63, 3.8) is 0 Å². The van der Waals surface area contributed by atoms with E-state index in [0.717, 1.165) is 22.1 Å². The Balaban J connectivity index is 2.29. The molecule has 1 N–H and O–H groups in total. The van der Waals surface area contributed by atoms with Gasteiger partial charge in [0.05, 0.1) is 6.42 Å². The molecule has 2 aromatic rings. The predicted molar refractivity (Wildman–Crippen MR) is 75.1 cm³/mol. The standard InChI is InChI=1S/C15H20N2O2/c1-9-6-10(2)14-11(17-19-12(14)7-9)8-13(18)16-15(3,4)5/h6-7H,8H2,1-5H3,(H,16,18). The molecule has 1 aromatic heterocycles. The highest BCUT2D eigenvalue weighted by Crippen LogP contribution is 2.24. The zero-order chi connectivity index (χ0) is 14.2. The Labute approximate surface area is 113 Å². The number of fused-ring (bicyclic) bond motifs is 1. The van der Waals surface area contributed by atoms with Crippen molar-refractivity contribution >= 4 is 16.9 Å². The Morgan fingerprint density at radius 2 is 2.00 bits per heavy atom. The largest absolute Gasteiger partial charge is 0.356 e. The maximum absolute atomic E-state index is 12.0. The predicted octanol–water partition coefficient (Wildman–Crippen LogP) is 2.90. The second kappa shape index (κ2) is 4.68. The van der Waals surface area contributed by atoms with Crippen molar-refractivity contribution < 1.29 is 9.32 Å². The molecular formula is C15H20N2O2. The minimum atomic E-state index is -0.234. The van der Waals surface area contributed by atoms with Crippen LogP contribution in [0.3, 0.4) is 0 Å². The fourth-order valence-corrected chi connectivity index (χ4v) is 2.26. The maximum Gasteiger partial charge on any atom is 0.226 e. The van der Waals surface area contributed by atoms with E-state index in [0.29, 0.717) is 5.69 Å². The molecule has 0 saturated heterocycles. The molecular weight excluding hydrogens is 240 g/mol. The van der Waals surface area contributed by atoms with Gasteiger partial charge >= 0.3 is 0 Å². The third kappa shape index (κ3) is 3.13. The van der Waals surface area contributed by atoms with Crippen LogP contribution in [0.1, 0.15) is 37.6 Å². The van der Waals surface area contributed by atoms with Gasteiger partial charge < -0.3 is 9.84 Å². The van der Waals surface area contributed by atoms with E-state index in [1.807, 2.05) is 40.7 Å². The van der Waals surface area contributed by atoms with Gasteiger partial charge in [-0.1, -0.05) is 11.2 Å². The molecule has 2 rings (SSSR count). The first-order valence-electron chi connectivity index (χ1n) is 6.43. The molecule has 0 aliphatic carbocycles. The molecule has 0 radical (unpaired) electrons. The van der Waals surface area contributed by atoms with E-state index in [1.165, 1.54) is 0 Å². The number of hydrogen-bond acceptors (Lipinski definition) is 3. The Bertz CT molecular complexity index is 621. The number of hydrogen-bond donors (Lipinski definition) is 1. The minimum absolute atomic E-state index is 0.0392. The minimum Gasteiger partial charge on any atom is -0.356 e. The summed E-state index contributed by atoms with van der Waals surface area (Å²) in [5.74, 6) is -0.0392. The lowest BCUT2D eigenvalue weighted by Crippen LogP contribution is -2.41. The first kappa shape index (κ1) is 13.6. The molecule has 0 saturated carbocycles. The van der Waals surface area contributed by atoms with E-state index < -0.39 is 0 Å². The van der Waals surface area contributed by atoms with Crippen LogP contribution in [0.5, 0.6) is 0 Å². The smallest absolute Gasteiger partial charge is 0.226 e. The first-order chi connectivity index (χ1) is 8.76. The van der Waals surface area contributed by atoms with Gasteiger partial charge in [-0.2, -0.15) is 0 Å². The van der Waals surface area contributed by atoms with Crippen molar-refractivity contribution in [1.82, 2.24) is 10.5 Å². The third-order valence-electron chi connectivity index (χ3n) is 2.83. The summed E-state index contributed by atoms with van der Waals surface area (Å²) in [7, 11) is 0. The van der Waals surface area contributed by atoms with Gasteiger partial charge in [-0.05, 0) is 51.8 Å². The van der Waals surface area contributed by atoms with Gasteiger partial charge in [0.2, 0.25) is 5.91 Å². The Morgan fingerprint density at radius 1 is 1.32 bits per heavy atom. The SMILES string of the molecule is Cc1cc(C)c2c(CC(=O)NC(C)(C)C)noc2c1. The highest BCUT2D eigenvalue weighted by Gasteiger charge is 2.18. The van der Waals surface area contributed by atoms with Crippen molar-refractivity contribution in [3.8, 4) is 0 Å². The van der Waals surface area contributed by atoms with Crippen LogP contribution in [0, 0.1) is 13.8 Å². The monoisotopic (exact) mass is 260 g/mol. The van der Waals surface area contributed by atoms with Crippen LogP contribution in [0.15, 0.2) is 16.7 Å². The second-order valence-corrected chi connectivity index (χ2v) is 6.06. The Morgan fingerprint density at radius 3 is 2.63 bits per heavy atom. The molecule has 1 amide bonds. The molecule has 1 aromatic carbocycles. The van der Waals surface area contributed by atoms with Crippen LogP contribution < -0.4 is 5.32 Å². The highest BCUT2D eigenvalue weighted by atomic mass is 16.5. The average molecular weight is 260 g/mol. The summed E-state index contributed by atoms with van der Waals surface area (Å²) in [6.45, 7) is 9.90. The molecule has 0 spiro atoms.